The van der Waals surface area contributed by atoms with E-state index in [4.69, 9.17) is 0 Å². The number of thioether (sulfide) groups is 1. The number of nitriles is 1. The highest BCUT2D eigenvalue weighted by molar-refractivity contribution is 7.99. The van der Waals surface area contributed by atoms with Gasteiger partial charge in [0.25, 0.3) is 0 Å². The van der Waals surface area contributed by atoms with Gasteiger partial charge in [-0.25, -0.2) is 0 Å². The molecular weight excluding hydrogens is 252 g/mol. The zero-order valence-corrected chi connectivity index (χ0v) is 11.7. The lowest BCUT2D eigenvalue weighted by atomic mass is 10.2. The van der Waals surface area contributed by atoms with E-state index in [9.17, 15) is 9.47 Å². The zero-order chi connectivity index (χ0) is 12.7. The molecule has 0 bridgehead atoms. The molecule has 0 heterocycles. The van der Waals surface area contributed by atoms with E-state index >= 15 is 0 Å². The number of nitrogens with zero attached hydrogens (tertiary/aromatic N) is 1. The van der Waals surface area contributed by atoms with Crippen LogP contribution in [0.4, 0.5) is 5.69 Å². The quantitative estimate of drug-likeness (QED) is 0.805. The number of hydrogen-bond donors (Lipinski definition) is 1. The van der Waals surface area contributed by atoms with Gasteiger partial charge in [0.05, 0.1) is 11.3 Å². The Morgan fingerprint density at radius 1 is 1.53 bits per heavy atom. The van der Waals surface area contributed by atoms with Crippen molar-refractivity contribution in [3.05, 3.63) is 23.8 Å². The average molecular weight is 268 g/mol. The normalized spacial score (nSPS) is 11.8. The number of rotatable bonds is 6. The summed E-state index contributed by atoms with van der Waals surface area (Å²) < 4.78 is 11.0. The highest BCUT2D eigenvalue weighted by Crippen LogP contribution is 2.27. The smallest absolute Gasteiger partial charge is 0.102 e. The Kier molecular flexibility index (Phi) is 6.09. The Balaban J connectivity index is 2.81. The van der Waals surface area contributed by atoms with Gasteiger partial charge in [0.1, 0.15) is 6.07 Å². The van der Waals surface area contributed by atoms with Crippen LogP contribution in [0.5, 0.6) is 0 Å². The van der Waals surface area contributed by atoms with E-state index in [2.05, 4.69) is 18.3 Å². The monoisotopic (exact) mass is 268 g/mol. The van der Waals surface area contributed by atoms with Crippen LogP contribution >= 0.6 is 11.8 Å². The molecule has 0 aromatic heterocycles. The second-order valence-corrected chi connectivity index (χ2v) is 6.29. The molecule has 0 aliphatic carbocycles. The number of hydrogen-bond acceptors (Lipinski definition) is 4. The largest absolute Gasteiger partial charge is 0.383 e. The Labute approximate surface area is 109 Å². The van der Waals surface area contributed by atoms with Gasteiger partial charge in [-0.2, -0.15) is 5.26 Å². The standard InChI is InChI=1S/C12H16N2OS2/c1-3-16-12-6-4-5-11(10(12)9-13)14-7-8-17(2)15/h4-6,14H,3,7-8H2,1-2H3. The molecular formula is C12H16N2OS2. The van der Waals surface area contributed by atoms with Crippen molar-refractivity contribution in [3.8, 4) is 6.07 Å². The van der Waals surface area contributed by atoms with E-state index in [-0.39, 0.29) is 0 Å². The lowest BCUT2D eigenvalue weighted by Crippen LogP contribution is -2.10. The van der Waals surface area contributed by atoms with Crippen molar-refractivity contribution in [2.45, 2.75) is 11.8 Å². The first kappa shape index (κ1) is 14.1. The predicted octanol–water partition coefficient (Wildman–Crippen LogP) is 2.46. The third-order valence-corrected chi connectivity index (χ3v) is 3.86. The maximum Gasteiger partial charge on any atom is 0.102 e. The highest BCUT2D eigenvalue weighted by atomic mass is 32.2. The van der Waals surface area contributed by atoms with Crippen LogP contribution in [-0.2, 0) is 10.8 Å². The van der Waals surface area contributed by atoms with Gasteiger partial charge in [0.2, 0.25) is 0 Å². The minimum Gasteiger partial charge on any atom is -0.383 e. The van der Waals surface area contributed by atoms with Crippen molar-refractivity contribution < 1.29 is 4.21 Å². The van der Waals surface area contributed by atoms with Gasteiger partial charge in [-0.3, -0.25) is 4.21 Å². The van der Waals surface area contributed by atoms with Gasteiger partial charge in [-0.1, -0.05) is 13.0 Å². The average Bonchev–Trinajstić information content (AvgIpc) is 2.29. The third kappa shape index (κ3) is 4.41. The lowest BCUT2D eigenvalue weighted by Gasteiger charge is -2.10. The van der Waals surface area contributed by atoms with Crippen molar-refractivity contribution >= 4 is 28.2 Å². The molecule has 0 radical (unpaired) electrons. The summed E-state index contributed by atoms with van der Waals surface area (Å²) in [6.45, 7) is 2.68. The summed E-state index contributed by atoms with van der Waals surface area (Å²) in [7, 11) is -0.807. The number of benzene rings is 1. The lowest BCUT2D eigenvalue weighted by molar-refractivity contribution is 0.687. The summed E-state index contributed by atoms with van der Waals surface area (Å²) >= 11 is 1.66. The fourth-order valence-corrected chi connectivity index (χ4v) is 2.57. The minimum absolute atomic E-state index is 0.593. The topological polar surface area (TPSA) is 52.9 Å². The van der Waals surface area contributed by atoms with Gasteiger partial charge in [0.15, 0.2) is 0 Å². The van der Waals surface area contributed by atoms with Crippen molar-refractivity contribution in [2.75, 3.05) is 29.6 Å². The van der Waals surface area contributed by atoms with Crippen LogP contribution in [0.15, 0.2) is 23.1 Å². The molecule has 1 aromatic rings. The highest BCUT2D eigenvalue weighted by Gasteiger charge is 2.07. The summed E-state index contributed by atoms with van der Waals surface area (Å²) in [6.07, 6.45) is 1.68. The van der Waals surface area contributed by atoms with E-state index in [1.165, 1.54) is 0 Å². The molecule has 0 saturated heterocycles. The van der Waals surface area contributed by atoms with Crippen LogP contribution in [0.2, 0.25) is 0 Å². The Morgan fingerprint density at radius 3 is 2.88 bits per heavy atom. The Bertz CT molecular complexity index is 441. The number of nitrogens with one attached hydrogen (secondary N) is 1. The van der Waals surface area contributed by atoms with Crippen molar-refractivity contribution in [1.82, 2.24) is 0 Å². The fraction of sp³-hybridized carbons (Fsp3) is 0.417. The Hall–Kier alpha value is -0.990. The molecule has 3 nitrogen and oxygen atoms in total. The molecule has 5 heteroatoms. The molecule has 1 N–H and O–H groups in total. The van der Waals surface area contributed by atoms with E-state index in [0.717, 1.165) is 16.3 Å². The van der Waals surface area contributed by atoms with Crippen molar-refractivity contribution in [2.24, 2.45) is 0 Å². The maximum absolute atomic E-state index is 11.0. The van der Waals surface area contributed by atoms with Crippen LogP contribution < -0.4 is 5.32 Å². The van der Waals surface area contributed by atoms with Crippen LogP contribution in [0.3, 0.4) is 0 Å². The zero-order valence-electron chi connectivity index (χ0n) is 10.0. The van der Waals surface area contributed by atoms with E-state index in [1.54, 1.807) is 18.0 Å². The van der Waals surface area contributed by atoms with Crippen LogP contribution in [0.25, 0.3) is 0 Å². The molecule has 17 heavy (non-hydrogen) atoms. The minimum atomic E-state index is -0.807. The summed E-state index contributed by atoms with van der Waals surface area (Å²) in [4.78, 5) is 0.998. The fourth-order valence-electron chi connectivity index (χ4n) is 1.40. The molecule has 0 spiro atoms. The van der Waals surface area contributed by atoms with E-state index < -0.39 is 10.8 Å². The molecule has 0 fully saturated rings. The van der Waals surface area contributed by atoms with Gasteiger partial charge in [-0.05, 0) is 17.9 Å². The van der Waals surface area contributed by atoms with Crippen LogP contribution in [0, 0.1) is 11.3 Å². The molecule has 1 rings (SSSR count). The molecule has 0 amide bonds. The molecule has 0 saturated carbocycles. The molecule has 1 unspecified atom stereocenters. The third-order valence-electron chi connectivity index (χ3n) is 2.14. The van der Waals surface area contributed by atoms with Gasteiger partial charge in [-0.15, -0.1) is 11.8 Å². The summed E-state index contributed by atoms with van der Waals surface area (Å²) in [5.74, 6) is 1.53. The first-order valence-electron chi connectivity index (χ1n) is 5.38. The van der Waals surface area contributed by atoms with Crippen molar-refractivity contribution in [3.63, 3.8) is 0 Å². The summed E-state index contributed by atoms with van der Waals surface area (Å²) in [5.41, 5.74) is 1.51. The second kappa shape index (κ2) is 7.36. The molecule has 92 valence electrons. The van der Waals surface area contributed by atoms with E-state index in [0.29, 0.717) is 17.9 Å². The molecule has 0 aliphatic rings. The van der Waals surface area contributed by atoms with Crippen molar-refractivity contribution in [1.29, 1.82) is 5.26 Å². The second-order valence-electron chi connectivity index (χ2n) is 3.43. The Morgan fingerprint density at radius 2 is 2.29 bits per heavy atom. The van der Waals surface area contributed by atoms with Gasteiger partial charge in [0, 0.05) is 34.2 Å². The first-order chi connectivity index (χ1) is 8.19. The molecule has 0 aliphatic heterocycles. The molecule has 1 aromatic carbocycles. The molecule has 1 atom stereocenters. The first-order valence-corrected chi connectivity index (χ1v) is 8.10. The SMILES string of the molecule is CCSc1cccc(NCCS(C)=O)c1C#N. The number of anilines is 1. The predicted molar refractivity (Wildman–Crippen MR) is 75.0 cm³/mol. The summed E-state index contributed by atoms with van der Waals surface area (Å²) in [6, 6.07) is 8.00. The van der Waals surface area contributed by atoms with E-state index in [1.807, 2.05) is 18.2 Å². The summed E-state index contributed by atoms with van der Waals surface area (Å²) in [5, 5.41) is 12.3. The van der Waals surface area contributed by atoms with Crippen LogP contribution in [-0.4, -0.2) is 28.5 Å². The van der Waals surface area contributed by atoms with Gasteiger partial charge >= 0.3 is 0 Å². The maximum atomic E-state index is 11.0. The van der Waals surface area contributed by atoms with Gasteiger partial charge < -0.3 is 5.32 Å². The van der Waals surface area contributed by atoms with Crippen LogP contribution in [0.1, 0.15) is 12.5 Å².